The molecule has 0 spiro atoms. The molecule has 0 aromatic heterocycles. The van der Waals surface area contributed by atoms with Crippen LogP contribution >= 0.6 is 0 Å². The minimum Gasteiger partial charge on any atom is -0.507 e. The van der Waals surface area contributed by atoms with Crippen molar-refractivity contribution in [2.75, 3.05) is 0 Å². The lowest BCUT2D eigenvalue weighted by atomic mass is 9.73. The number of carbonyl (C=O) groups excluding carboxylic acids is 2. The Balaban J connectivity index is 2.72. The van der Waals surface area contributed by atoms with Gasteiger partial charge in [-0.2, -0.15) is 0 Å². The monoisotopic (exact) mass is 364 g/mol. The van der Waals surface area contributed by atoms with Gasteiger partial charge in [0, 0.05) is 24.3 Å². The predicted octanol–water partition coefficient (Wildman–Crippen LogP) is 2.51. The van der Waals surface area contributed by atoms with Crippen molar-refractivity contribution in [2.45, 2.75) is 71.7 Å². The maximum Gasteiger partial charge on any atom is 0.209 e. The number of aliphatic hydroxyl groups is 3. The van der Waals surface area contributed by atoms with E-state index >= 15 is 0 Å². The van der Waals surface area contributed by atoms with Crippen LogP contribution in [0, 0.1) is 5.92 Å². The van der Waals surface area contributed by atoms with Gasteiger partial charge in [0.2, 0.25) is 5.78 Å². The number of Topliss-reactive ketones (excluding diaryl/α,β-unsaturated/α-hetero) is 2. The van der Waals surface area contributed by atoms with E-state index in [1.807, 2.05) is 13.8 Å². The van der Waals surface area contributed by atoms with E-state index in [2.05, 4.69) is 0 Å². The maximum atomic E-state index is 13.1. The number of hydrogen-bond donors (Lipinski definition) is 3. The molecule has 1 heterocycles. The summed E-state index contributed by atoms with van der Waals surface area (Å²) < 4.78 is 5.79. The molecule has 3 N–H and O–H groups in total. The van der Waals surface area contributed by atoms with Gasteiger partial charge in [-0.05, 0) is 27.7 Å². The average molecular weight is 364 g/mol. The highest BCUT2D eigenvalue weighted by atomic mass is 16.5. The van der Waals surface area contributed by atoms with Gasteiger partial charge >= 0.3 is 0 Å². The summed E-state index contributed by atoms with van der Waals surface area (Å²) in [6, 6.07) is 0. The molecule has 0 aromatic carbocycles. The largest absolute Gasteiger partial charge is 0.507 e. The van der Waals surface area contributed by atoms with E-state index in [-0.39, 0.29) is 24.2 Å². The summed E-state index contributed by atoms with van der Waals surface area (Å²) in [6.45, 7) is 10.2. The second-order valence-corrected chi connectivity index (χ2v) is 8.15. The van der Waals surface area contributed by atoms with E-state index in [1.54, 1.807) is 33.8 Å². The normalized spacial score (nSPS) is 28.0. The van der Waals surface area contributed by atoms with Crippen LogP contribution in [0.3, 0.4) is 0 Å². The highest BCUT2D eigenvalue weighted by Gasteiger charge is 2.55. The summed E-state index contributed by atoms with van der Waals surface area (Å²) in [7, 11) is 0. The van der Waals surface area contributed by atoms with Gasteiger partial charge in [0.05, 0.1) is 6.10 Å². The number of carbonyl (C=O) groups is 2. The number of aliphatic hydroxyl groups excluding tert-OH is 2. The van der Waals surface area contributed by atoms with Crippen molar-refractivity contribution in [1.29, 1.82) is 0 Å². The number of allylic oxidation sites excluding steroid dienone is 2. The molecular formula is C20H28O6. The van der Waals surface area contributed by atoms with Gasteiger partial charge in [0.1, 0.15) is 22.7 Å². The topological polar surface area (TPSA) is 104 Å². The molecule has 144 valence electrons. The molecule has 6 heteroatoms. The Morgan fingerprint density at radius 1 is 1.35 bits per heavy atom. The van der Waals surface area contributed by atoms with Crippen LogP contribution in [0.1, 0.15) is 54.4 Å². The maximum absolute atomic E-state index is 13.1. The molecule has 2 rings (SSSR count). The SMILES string of the molecule is CC(C)=CC[C@@]1(O)C(=O)C(C(=O)C(C)C)=C(O)C2=C1OC(C)(C)[C@@H](O)C2. The third-order valence-corrected chi connectivity index (χ3v) is 4.92. The van der Waals surface area contributed by atoms with Crippen LogP contribution < -0.4 is 0 Å². The lowest BCUT2D eigenvalue weighted by molar-refractivity contribution is -0.149. The average Bonchev–Trinajstić information content (AvgIpc) is 2.53. The smallest absolute Gasteiger partial charge is 0.209 e. The summed E-state index contributed by atoms with van der Waals surface area (Å²) in [5, 5.41) is 32.2. The van der Waals surface area contributed by atoms with E-state index in [1.165, 1.54) is 0 Å². The highest BCUT2D eigenvalue weighted by molar-refractivity contribution is 6.25. The summed E-state index contributed by atoms with van der Waals surface area (Å²) in [4.78, 5) is 25.6. The fraction of sp³-hybridized carbons (Fsp3) is 0.600. The number of hydrogen-bond acceptors (Lipinski definition) is 6. The van der Waals surface area contributed by atoms with Crippen molar-refractivity contribution in [3.63, 3.8) is 0 Å². The van der Waals surface area contributed by atoms with Gasteiger partial charge in [-0.15, -0.1) is 0 Å². The van der Waals surface area contributed by atoms with Crippen LogP contribution in [-0.4, -0.2) is 44.2 Å². The molecule has 0 unspecified atom stereocenters. The first-order valence-corrected chi connectivity index (χ1v) is 8.82. The van der Waals surface area contributed by atoms with Crippen LogP contribution in [0.15, 0.2) is 34.3 Å². The van der Waals surface area contributed by atoms with Gasteiger partial charge in [0.15, 0.2) is 11.4 Å². The number of rotatable bonds is 4. The molecule has 0 radical (unpaired) electrons. The molecule has 2 atom stereocenters. The van der Waals surface area contributed by atoms with Gasteiger partial charge in [-0.1, -0.05) is 25.5 Å². The van der Waals surface area contributed by atoms with Crippen LogP contribution in [0.5, 0.6) is 0 Å². The van der Waals surface area contributed by atoms with Crippen molar-refractivity contribution in [3.05, 3.63) is 34.3 Å². The van der Waals surface area contributed by atoms with Crippen molar-refractivity contribution >= 4 is 11.6 Å². The van der Waals surface area contributed by atoms with Crippen molar-refractivity contribution in [2.24, 2.45) is 5.92 Å². The number of ether oxygens (including phenoxy) is 1. The zero-order valence-electron chi connectivity index (χ0n) is 16.2. The van der Waals surface area contributed by atoms with E-state index in [0.717, 1.165) is 5.57 Å². The minimum atomic E-state index is -2.09. The van der Waals surface area contributed by atoms with Crippen molar-refractivity contribution in [1.82, 2.24) is 0 Å². The summed E-state index contributed by atoms with van der Waals surface area (Å²) in [5.74, 6) is -2.52. The van der Waals surface area contributed by atoms with Crippen LogP contribution in [0.25, 0.3) is 0 Å². The quantitative estimate of drug-likeness (QED) is 0.523. The first-order chi connectivity index (χ1) is 11.8. The van der Waals surface area contributed by atoms with Crippen molar-refractivity contribution in [3.8, 4) is 0 Å². The summed E-state index contributed by atoms with van der Waals surface area (Å²) in [6.07, 6.45) is 0.623. The Morgan fingerprint density at radius 3 is 2.42 bits per heavy atom. The lowest BCUT2D eigenvalue weighted by Gasteiger charge is -2.45. The molecule has 0 bridgehead atoms. The molecule has 0 saturated heterocycles. The molecule has 26 heavy (non-hydrogen) atoms. The third kappa shape index (κ3) is 3.23. The Kier molecular flexibility index (Phi) is 5.23. The van der Waals surface area contributed by atoms with Gasteiger partial charge < -0.3 is 20.1 Å². The zero-order valence-corrected chi connectivity index (χ0v) is 16.2. The minimum absolute atomic E-state index is 0.0204. The Labute approximate surface area is 153 Å². The molecule has 2 aliphatic rings. The predicted molar refractivity (Wildman–Crippen MR) is 96.3 cm³/mol. The second kappa shape index (κ2) is 6.67. The van der Waals surface area contributed by atoms with E-state index in [0.29, 0.717) is 0 Å². The van der Waals surface area contributed by atoms with Crippen LogP contribution in [0.4, 0.5) is 0 Å². The fourth-order valence-corrected chi connectivity index (χ4v) is 3.09. The first-order valence-electron chi connectivity index (χ1n) is 8.82. The van der Waals surface area contributed by atoms with Crippen LogP contribution in [0.2, 0.25) is 0 Å². The molecule has 0 aromatic rings. The standard InChI is InChI=1S/C20H28O6/c1-10(2)7-8-20(25)17(24)14(15(22)11(3)4)16(23)12-9-13(21)19(5,6)26-18(12)20/h7,11,13,21,23,25H,8-9H2,1-6H3/t13-,20+/m0/s1. The van der Waals surface area contributed by atoms with Gasteiger partial charge in [-0.3, -0.25) is 9.59 Å². The van der Waals surface area contributed by atoms with Gasteiger partial charge in [-0.25, -0.2) is 0 Å². The van der Waals surface area contributed by atoms with E-state index in [4.69, 9.17) is 4.74 Å². The molecule has 6 nitrogen and oxygen atoms in total. The van der Waals surface area contributed by atoms with Crippen molar-refractivity contribution < 1.29 is 29.6 Å². The number of ketones is 2. The van der Waals surface area contributed by atoms with Crippen LogP contribution in [-0.2, 0) is 14.3 Å². The van der Waals surface area contributed by atoms with Gasteiger partial charge in [0.25, 0.3) is 0 Å². The third-order valence-electron chi connectivity index (χ3n) is 4.92. The molecule has 0 fully saturated rings. The molecule has 0 amide bonds. The molecule has 0 saturated carbocycles. The molecule has 1 aliphatic heterocycles. The summed E-state index contributed by atoms with van der Waals surface area (Å²) in [5.41, 5.74) is -2.54. The Bertz CT molecular complexity index is 733. The Hall–Kier alpha value is -1.92. The summed E-state index contributed by atoms with van der Waals surface area (Å²) >= 11 is 0. The fourth-order valence-electron chi connectivity index (χ4n) is 3.09. The first kappa shape index (κ1) is 20.4. The molecular weight excluding hydrogens is 336 g/mol. The van der Waals surface area contributed by atoms with E-state index < -0.39 is 46.1 Å². The Morgan fingerprint density at radius 2 is 1.92 bits per heavy atom. The highest BCUT2D eigenvalue weighted by Crippen LogP contribution is 2.46. The van der Waals surface area contributed by atoms with E-state index in [9.17, 15) is 24.9 Å². The lowest BCUT2D eigenvalue weighted by Crippen LogP contribution is -2.54. The second-order valence-electron chi connectivity index (χ2n) is 8.15. The molecule has 1 aliphatic carbocycles. The zero-order chi connectivity index (χ0) is 20.0.